The summed E-state index contributed by atoms with van der Waals surface area (Å²) in [6, 6.07) is -0.188. The topological polar surface area (TPSA) is 70.2 Å². The Labute approximate surface area is 132 Å². The molecule has 6 nitrogen and oxygen atoms in total. The second-order valence-corrected chi connectivity index (χ2v) is 6.66. The summed E-state index contributed by atoms with van der Waals surface area (Å²) in [5, 5.41) is 9.83. The third kappa shape index (κ3) is 4.08. The molecule has 1 aromatic heterocycles. The zero-order valence-electron chi connectivity index (χ0n) is 14.2. The van der Waals surface area contributed by atoms with Gasteiger partial charge >= 0.3 is 0 Å². The van der Waals surface area contributed by atoms with Crippen LogP contribution in [0.1, 0.15) is 46.2 Å². The van der Waals surface area contributed by atoms with Crippen molar-refractivity contribution >= 4 is 5.91 Å². The van der Waals surface area contributed by atoms with Crippen molar-refractivity contribution in [2.75, 3.05) is 13.1 Å². The van der Waals surface area contributed by atoms with Crippen molar-refractivity contribution in [1.29, 1.82) is 0 Å². The molecule has 1 aliphatic heterocycles. The summed E-state index contributed by atoms with van der Waals surface area (Å²) in [5.74, 6) is 0.319. The average Bonchev–Trinajstić information content (AvgIpc) is 2.90. The van der Waals surface area contributed by atoms with Crippen molar-refractivity contribution in [1.82, 2.24) is 20.4 Å². The van der Waals surface area contributed by atoms with Crippen LogP contribution in [0.25, 0.3) is 0 Å². The van der Waals surface area contributed by atoms with E-state index < -0.39 is 0 Å². The van der Waals surface area contributed by atoms with E-state index in [1.807, 2.05) is 13.1 Å². The van der Waals surface area contributed by atoms with Crippen molar-refractivity contribution in [2.24, 2.45) is 5.92 Å². The molecule has 2 heterocycles. The van der Waals surface area contributed by atoms with E-state index in [1.54, 1.807) is 6.20 Å². The quantitative estimate of drug-likeness (QED) is 0.869. The van der Waals surface area contributed by atoms with Crippen molar-refractivity contribution in [3.8, 4) is 0 Å². The largest absolute Gasteiger partial charge is 0.373 e. The van der Waals surface area contributed by atoms with Gasteiger partial charge in [-0.1, -0.05) is 13.8 Å². The van der Waals surface area contributed by atoms with E-state index in [4.69, 9.17) is 4.74 Å². The van der Waals surface area contributed by atoms with Crippen LogP contribution in [0.3, 0.4) is 0 Å². The molecule has 0 saturated carbocycles. The number of amides is 1. The highest BCUT2D eigenvalue weighted by Crippen LogP contribution is 2.20. The molecular formula is C16H28N4O2. The Kier molecular flexibility index (Phi) is 5.58. The molecule has 2 N–H and O–H groups in total. The first-order valence-electron chi connectivity index (χ1n) is 8.07. The number of nitrogens with one attached hydrogen (secondary N) is 2. The number of carbonyl (C=O) groups is 1. The zero-order chi connectivity index (χ0) is 16.3. The molecule has 6 heteroatoms. The molecule has 0 bridgehead atoms. The molecule has 124 valence electrons. The zero-order valence-corrected chi connectivity index (χ0v) is 14.2. The number of nitrogens with zero attached hydrogens (tertiary/aromatic N) is 2. The lowest BCUT2D eigenvalue weighted by Crippen LogP contribution is -2.57. The Morgan fingerprint density at radius 2 is 2.00 bits per heavy atom. The van der Waals surface area contributed by atoms with Gasteiger partial charge in [0.1, 0.15) is 0 Å². The maximum Gasteiger partial charge on any atom is 0.238 e. The molecule has 4 unspecified atom stereocenters. The molecule has 1 aromatic rings. The van der Waals surface area contributed by atoms with Crippen molar-refractivity contribution < 1.29 is 9.53 Å². The van der Waals surface area contributed by atoms with Crippen LogP contribution < -0.4 is 5.32 Å². The van der Waals surface area contributed by atoms with E-state index in [1.165, 1.54) is 0 Å². The highest BCUT2D eigenvalue weighted by Gasteiger charge is 2.34. The normalized spacial score (nSPS) is 25.9. The fourth-order valence-corrected chi connectivity index (χ4v) is 3.21. The minimum Gasteiger partial charge on any atom is -0.373 e. The first kappa shape index (κ1) is 17.0. The minimum atomic E-state index is -0.136. The molecule has 0 spiro atoms. The number of morpholine rings is 1. The second-order valence-electron chi connectivity index (χ2n) is 6.66. The van der Waals surface area contributed by atoms with Crippen LogP contribution in [0.4, 0.5) is 0 Å². The maximum atomic E-state index is 12.8. The Morgan fingerprint density at radius 1 is 1.36 bits per heavy atom. The van der Waals surface area contributed by atoms with E-state index in [-0.39, 0.29) is 36.1 Å². The van der Waals surface area contributed by atoms with Crippen LogP contribution in [0.5, 0.6) is 0 Å². The minimum absolute atomic E-state index is 0.0524. The molecular weight excluding hydrogens is 280 g/mol. The van der Waals surface area contributed by atoms with E-state index in [0.717, 1.165) is 18.7 Å². The molecule has 0 aromatic carbocycles. The first-order valence-corrected chi connectivity index (χ1v) is 8.07. The Morgan fingerprint density at radius 3 is 2.50 bits per heavy atom. The number of aromatic nitrogens is 2. The van der Waals surface area contributed by atoms with Crippen molar-refractivity contribution in [3.63, 3.8) is 0 Å². The van der Waals surface area contributed by atoms with Crippen LogP contribution in [0, 0.1) is 5.92 Å². The number of hydrogen-bond acceptors (Lipinski definition) is 4. The predicted octanol–water partition coefficient (Wildman–Crippen LogP) is 1.72. The van der Waals surface area contributed by atoms with Gasteiger partial charge in [-0.15, -0.1) is 0 Å². The van der Waals surface area contributed by atoms with Gasteiger partial charge in [-0.25, -0.2) is 0 Å². The van der Waals surface area contributed by atoms with Gasteiger partial charge in [0.15, 0.2) is 0 Å². The van der Waals surface area contributed by atoms with E-state index in [9.17, 15) is 4.79 Å². The number of rotatable bonds is 5. The maximum absolute atomic E-state index is 12.8. The molecule has 4 atom stereocenters. The van der Waals surface area contributed by atoms with Crippen LogP contribution >= 0.6 is 0 Å². The summed E-state index contributed by atoms with van der Waals surface area (Å²) < 4.78 is 5.78. The summed E-state index contributed by atoms with van der Waals surface area (Å²) in [5.41, 5.74) is 0.986. The van der Waals surface area contributed by atoms with Gasteiger partial charge in [0.2, 0.25) is 5.91 Å². The fourth-order valence-electron chi connectivity index (χ4n) is 3.21. The summed E-state index contributed by atoms with van der Waals surface area (Å²) in [6.07, 6.45) is 3.87. The van der Waals surface area contributed by atoms with Crippen LogP contribution in [0.2, 0.25) is 0 Å². The molecule has 1 amide bonds. The number of carbonyl (C=O) groups excluding carboxylic acids is 1. The summed E-state index contributed by atoms with van der Waals surface area (Å²) >= 11 is 0. The summed E-state index contributed by atoms with van der Waals surface area (Å²) in [4.78, 5) is 15.0. The third-order valence-electron chi connectivity index (χ3n) is 4.12. The van der Waals surface area contributed by atoms with Gasteiger partial charge in [-0.2, -0.15) is 5.10 Å². The number of ether oxygens (including phenoxy) is 1. The van der Waals surface area contributed by atoms with E-state index in [2.05, 4.69) is 48.1 Å². The number of aromatic amines is 1. The predicted molar refractivity (Wildman–Crippen MR) is 85.4 cm³/mol. The van der Waals surface area contributed by atoms with Crippen LogP contribution in [0.15, 0.2) is 12.4 Å². The van der Waals surface area contributed by atoms with Crippen LogP contribution in [-0.2, 0) is 9.53 Å². The molecule has 1 fully saturated rings. The Balaban J connectivity index is 2.05. The number of H-pyrrole nitrogens is 1. The fraction of sp³-hybridized carbons (Fsp3) is 0.750. The Hall–Kier alpha value is -1.40. The van der Waals surface area contributed by atoms with Gasteiger partial charge in [0.25, 0.3) is 0 Å². The molecule has 0 radical (unpaired) electrons. The molecule has 1 aliphatic rings. The lowest BCUT2D eigenvalue weighted by Gasteiger charge is -2.41. The third-order valence-corrected chi connectivity index (χ3v) is 4.12. The Bertz CT molecular complexity index is 465. The summed E-state index contributed by atoms with van der Waals surface area (Å²) in [6.45, 7) is 11.9. The smallest absolute Gasteiger partial charge is 0.238 e. The van der Waals surface area contributed by atoms with Crippen molar-refractivity contribution in [2.45, 2.75) is 58.9 Å². The average molecular weight is 308 g/mol. The molecule has 0 aliphatic carbocycles. The van der Waals surface area contributed by atoms with E-state index in [0.29, 0.717) is 0 Å². The lowest BCUT2D eigenvalue weighted by molar-refractivity contribution is -0.136. The monoisotopic (exact) mass is 308 g/mol. The van der Waals surface area contributed by atoms with Crippen molar-refractivity contribution in [3.05, 3.63) is 18.0 Å². The van der Waals surface area contributed by atoms with Crippen LogP contribution in [-0.4, -0.2) is 52.3 Å². The van der Waals surface area contributed by atoms with Gasteiger partial charge in [0, 0.05) is 24.8 Å². The standard InChI is InChI=1S/C16H28N4O2/c1-10(2)15(20-8-11(3)22-12(4)9-20)16(21)19-13(5)14-6-17-18-7-14/h6-7,10-13,15H,8-9H2,1-5H3,(H,17,18)(H,19,21). The van der Waals surface area contributed by atoms with Gasteiger partial charge < -0.3 is 10.1 Å². The SMILES string of the molecule is CC1CN(C(C(=O)NC(C)c2cn[nH]c2)C(C)C)CC(C)O1. The van der Waals surface area contributed by atoms with Gasteiger partial charge in [-0.05, 0) is 26.7 Å². The van der Waals surface area contributed by atoms with E-state index >= 15 is 0 Å². The highest BCUT2D eigenvalue weighted by molar-refractivity contribution is 5.82. The lowest BCUT2D eigenvalue weighted by atomic mass is 9.99. The first-order chi connectivity index (χ1) is 10.4. The van der Waals surface area contributed by atoms with Gasteiger partial charge in [0.05, 0.1) is 30.5 Å². The summed E-state index contributed by atoms with van der Waals surface area (Å²) in [7, 11) is 0. The number of hydrogen-bond donors (Lipinski definition) is 2. The second kappa shape index (κ2) is 7.24. The molecule has 1 saturated heterocycles. The van der Waals surface area contributed by atoms with Gasteiger partial charge in [-0.3, -0.25) is 14.8 Å². The molecule has 2 rings (SSSR count). The highest BCUT2D eigenvalue weighted by atomic mass is 16.5. The molecule has 22 heavy (non-hydrogen) atoms.